The van der Waals surface area contributed by atoms with Gasteiger partial charge in [-0.25, -0.2) is 0 Å². The van der Waals surface area contributed by atoms with Crippen molar-refractivity contribution in [1.29, 1.82) is 0 Å². The normalized spacial score (nSPS) is 12.7. The zero-order valence-electron chi connectivity index (χ0n) is 10.8. The molecule has 1 aromatic heterocycles. The molecule has 0 spiro atoms. The van der Waals surface area contributed by atoms with E-state index in [1.54, 1.807) is 0 Å². The monoisotopic (exact) mass is 220 g/mol. The molecular weight excluding hydrogens is 196 g/mol. The maximum Gasteiger partial charge on any atom is 0.0419 e. The van der Waals surface area contributed by atoms with E-state index < -0.39 is 0 Å². The number of rotatable bonds is 7. The lowest BCUT2D eigenvalue weighted by Gasteiger charge is -2.15. The summed E-state index contributed by atoms with van der Waals surface area (Å²) in [6.45, 7) is 4.32. The van der Waals surface area contributed by atoms with Gasteiger partial charge in [0.2, 0.25) is 0 Å². The fourth-order valence-electron chi connectivity index (χ4n) is 1.86. The van der Waals surface area contributed by atoms with Gasteiger partial charge in [0.05, 0.1) is 0 Å². The Labute approximate surface area is 99.5 Å². The molecule has 16 heavy (non-hydrogen) atoms. The lowest BCUT2D eigenvalue weighted by atomic mass is 10.0. The van der Waals surface area contributed by atoms with Gasteiger partial charge in [0.1, 0.15) is 0 Å². The number of aryl methyl sites for hydroxylation is 1. The molecule has 1 rings (SSSR count). The summed E-state index contributed by atoms with van der Waals surface area (Å²) in [4.78, 5) is 4.45. The number of aromatic nitrogens is 1. The van der Waals surface area contributed by atoms with Crippen LogP contribution in [0.4, 0.5) is 0 Å². The van der Waals surface area contributed by atoms with Crippen molar-refractivity contribution in [1.82, 2.24) is 10.3 Å². The van der Waals surface area contributed by atoms with Crippen LogP contribution in [0.5, 0.6) is 0 Å². The Morgan fingerprint density at radius 3 is 2.69 bits per heavy atom. The van der Waals surface area contributed by atoms with E-state index in [4.69, 9.17) is 0 Å². The van der Waals surface area contributed by atoms with Crippen molar-refractivity contribution in [3.05, 3.63) is 29.6 Å². The van der Waals surface area contributed by atoms with Gasteiger partial charge in [-0.2, -0.15) is 0 Å². The predicted octanol–water partition coefficient (Wildman–Crippen LogP) is 3.10. The van der Waals surface area contributed by atoms with Gasteiger partial charge < -0.3 is 5.32 Å². The van der Waals surface area contributed by atoms with Crippen molar-refractivity contribution in [3.8, 4) is 0 Å². The summed E-state index contributed by atoms with van der Waals surface area (Å²) in [5.74, 6) is 0. The number of hydrogen-bond acceptors (Lipinski definition) is 2. The lowest BCUT2D eigenvalue weighted by Crippen LogP contribution is -2.27. The van der Waals surface area contributed by atoms with E-state index in [-0.39, 0.29) is 0 Å². The van der Waals surface area contributed by atoms with Crippen molar-refractivity contribution < 1.29 is 0 Å². The van der Waals surface area contributed by atoms with Crippen molar-refractivity contribution in [2.75, 3.05) is 7.05 Å². The second kappa shape index (κ2) is 7.39. The van der Waals surface area contributed by atoms with Crippen LogP contribution < -0.4 is 5.32 Å². The quantitative estimate of drug-likeness (QED) is 0.714. The lowest BCUT2D eigenvalue weighted by molar-refractivity contribution is 0.486. The molecule has 2 heteroatoms. The predicted molar refractivity (Wildman–Crippen MR) is 69.7 cm³/mol. The number of hydrogen-bond donors (Lipinski definition) is 1. The highest BCUT2D eigenvalue weighted by molar-refractivity contribution is 5.13. The zero-order valence-corrected chi connectivity index (χ0v) is 10.8. The summed E-state index contributed by atoms with van der Waals surface area (Å²) in [6.07, 6.45) is 8.18. The second-order valence-corrected chi connectivity index (χ2v) is 4.51. The Balaban J connectivity index is 2.40. The van der Waals surface area contributed by atoms with Gasteiger partial charge >= 0.3 is 0 Å². The van der Waals surface area contributed by atoms with E-state index in [2.05, 4.69) is 36.3 Å². The molecule has 1 heterocycles. The average molecular weight is 220 g/mol. The minimum Gasteiger partial charge on any atom is -0.317 e. The Hall–Kier alpha value is -0.890. The van der Waals surface area contributed by atoms with Gasteiger partial charge in [0, 0.05) is 24.4 Å². The third kappa shape index (κ3) is 4.75. The summed E-state index contributed by atoms with van der Waals surface area (Å²) in [7, 11) is 2.05. The first-order chi connectivity index (χ1) is 7.76. The highest BCUT2D eigenvalue weighted by Crippen LogP contribution is 2.08. The maximum absolute atomic E-state index is 4.45. The van der Waals surface area contributed by atoms with Crippen molar-refractivity contribution in [2.24, 2.45) is 0 Å². The molecule has 0 bridgehead atoms. The van der Waals surface area contributed by atoms with Gasteiger partial charge in [-0.3, -0.25) is 4.98 Å². The first-order valence-electron chi connectivity index (χ1n) is 6.35. The molecule has 2 nitrogen and oxygen atoms in total. The molecule has 0 saturated carbocycles. The molecule has 1 aromatic rings. The highest BCUT2D eigenvalue weighted by atomic mass is 14.9. The Morgan fingerprint density at radius 2 is 2.12 bits per heavy atom. The molecule has 0 amide bonds. The van der Waals surface area contributed by atoms with Crippen LogP contribution in [0.1, 0.15) is 43.9 Å². The Kier molecular flexibility index (Phi) is 6.09. The number of nitrogens with one attached hydrogen (secondary N) is 1. The molecule has 1 atom stereocenters. The molecule has 0 aromatic carbocycles. The maximum atomic E-state index is 4.45. The fraction of sp³-hybridized carbons (Fsp3) is 0.643. The number of likely N-dealkylation sites (N-methyl/N-ethyl adjacent to an activating group) is 1. The molecule has 1 N–H and O–H groups in total. The van der Waals surface area contributed by atoms with Crippen LogP contribution in [0.2, 0.25) is 0 Å². The van der Waals surface area contributed by atoms with Gasteiger partial charge in [0.15, 0.2) is 0 Å². The van der Waals surface area contributed by atoms with Crippen LogP contribution in [0.3, 0.4) is 0 Å². The summed E-state index contributed by atoms with van der Waals surface area (Å²) in [5.41, 5.74) is 2.43. The molecular formula is C14H24N2. The molecule has 0 aliphatic carbocycles. The summed E-state index contributed by atoms with van der Waals surface area (Å²) >= 11 is 0. The van der Waals surface area contributed by atoms with Crippen molar-refractivity contribution in [2.45, 2.75) is 52.0 Å². The number of pyridine rings is 1. The fourth-order valence-corrected chi connectivity index (χ4v) is 1.86. The minimum atomic E-state index is 0.571. The van der Waals surface area contributed by atoms with E-state index in [9.17, 15) is 0 Å². The van der Waals surface area contributed by atoms with Crippen LogP contribution in [0, 0.1) is 6.92 Å². The Bertz CT molecular complexity index is 279. The SMILES string of the molecule is CCCCCC(Cc1ccc(C)cn1)NC. The van der Waals surface area contributed by atoms with Gasteiger partial charge in [0.25, 0.3) is 0 Å². The third-order valence-electron chi connectivity index (χ3n) is 2.99. The molecule has 0 aliphatic rings. The minimum absolute atomic E-state index is 0.571. The van der Waals surface area contributed by atoms with Gasteiger partial charge in [-0.1, -0.05) is 32.3 Å². The van der Waals surface area contributed by atoms with E-state index >= 15 is 0 Å². The van der Waals surface area contributed by atoms with Crippen LogP contribution >= 0.6 is 0 Å². The van der Waals surface area contributed by atoms with Crippen molar-refractivity contribution in [3.63, 3.8) is 0 Å². The average Bonchev–Trinajstić information content (AvgIpc) is 2.31. The first-order valence-corrected chi connectivity index (χ1v) is 6.35. The second-order valence-electron chi connectivity index (χ2n) is 4.51. The highest BCUT2D eigenvalue weighted by Gasteiger charge is 2.07. The third-order valence-corrected chi connectivity index (χ3v) is 2.99. The van der Waals surface area contributed by atoms with Gasteiger partial charge in [-0.15, -0.1) is 0 Å². The smallest absolute Gasteiger partial charge is 0.0419 e. The van der Waals surface area contributed by atoms with E-state index in [0.717, 1.165) is 6.42 Å². The summed E-state index contributed by atoms with van der Waals surface area (Å²) in [5, 5.41) is 3.38. The number of nitrogens with zero attached hydrogens (tertiary/aromatic N) is 1. The molecule has 1 unspecified atom stereocenters. The molecule has 0 radical (unpaired) electrons. The topological polar surface area (TPSA) is 24.9 Å². The molecule has 0 saturated heterocycles. The number of unbranched alkanes of at least 4 members (excludes halogenated alkanes) is 2. The molecule has 0 aliphatic heterocycles. The Morgan fingerprint density at radius 1 is 1.31 bits per heavy atom. The van der Waals surface area contributed by atoms with Crippen LogP contribution in [-0.2, 0) is 6.42 Å². The molecule has 90 valence electrons. The van der Waals surface area contributed by atoms with E-state index in [1.807, 2.05) is 13.2 Å². The zero-order chi connectivity index (χ0) is 11.8. The van der Waals surface area contributed by atoms with E-state index in [0.29, 0.717) is 6.04 Å². The first kappa shape index (κ1) is 13.2. The largest absolute Gasteiger partial charge is 0.317 e. The van der Waals surface area contributed by atoms with Gasteiger partial charge in [-0.05, 0) is 32.0 Å². The summed E-state index contributed by atoms with van der Waals surface area (Å²) in [6, 6.07) is 4.85. The van der Waals surface area contributed by atoms with Crippen LogP contribution in [0.15, 0.2) is 18.3 Å². The summed E-state index contributed by atoms with van der Waals surface area (Å²) < 4.78 is 0. The standard InChI is InChI=1S/C14H24N2/c1-4-5-6-7-13(15-3)10-14-9-8-12(2)11-16-14/h8-9,11,13,15H,4-7,10H2,1-3H3. The van der Waals surface area contributed by atoms with Crippen LogP contribution in [0.25, 0.3) is 0 Å². The van der Waals surface area contributed by atoms with E-state index in [1.165, 1.54) is 36.9 Å². The molecule has 0 fully saturated rings. The van der Waals surface area contributed by atoms with Crippen molar-refractivity contribution >= 4 is 0 Å². The van der Waals surface area contributed by atoms with Crippen LogP contribution in [-0.4, -0.2) is 18.1 Å².